The molecule has 5 nitrogen and oxygen atoms in total. The van der Waals surface area contributed by atoms with E-state index >= 15 is 0 Å². The Hall–Kier alpha value is -1.75. The van der Waals surface area contributed by atoms with E-state index in [1.165, 1.54) is 5.56 Å². The molecule has 0 aliphatic carbocycles. The molecule has 0 saturated carbocycles. The van der Waals surface area contributed by atoms with E-state index in [0.29, 0.717) is 0 Å². The first-order chi connectivity index (χ1) is 9.35. The van der Waals surface area contributed by atoms with Crippen molar-refractivity contribution in [1.29, 1.82) is 0 Å². The van der Waals surface area contributed by atoms with Gasteiger partial charge in [0.05, 0.1) is 0 Å². The third kappa shape index (κ3) is 3.61. The molecule has 2 aromatic heterocycles. The van der Waals surface area contributed by atoms with Crippen LogP contribution in [-0.4, -0.2) is 26.3 Å². The molecule has 2 aromatic rings. The van der Waals surface area contributed by atoms with Gasteiger partial charge in [-0.25, -0.2) is 4.98 Å². The van der Waals surface area contributed by atoms with Gasteiger partial charge in [-0.3, -0.25) is 9.67 Å². The smallest absolute Gasteiger partial charge is 0.138 e. The average molecular weight is 259 g/mol. The van der Waals surface area contributed by atoms with Gasteiger partial charge in [0.25, 0.3) is 0 Å². The van der Waals surface area contributed by atoms with Gasteiger partial charge in [0.15, 0.2) is 0 Å². The van der Waals surface area contributed by atoms with E-state index < -0.39 is 0 Å². The summed E-state index contributed by atoms with van der Waals surface area (Å²) in [5.74, 6) is 1.02. The van der Waals surface area contributed by atoms with Crippen molar-refractivity contribution in [2.24, 2.45) is 0 Å². The van der Waals surface area contributed by atoms with Crippen molar-refractivity contribution in [3.05, 3.63) is 42.2 Å². The maximum Gasteiger partial charge on any atom is 0.138 e. The Morgan fingerprint density at radius 2 is 2.05 bits per heavy atom. The first-order valence-electron chi connectivity index (χ1n) is 6.85. The van der Waals surface area contributed by atoms with Gasteiger partial charge in [0.2, 0.25) is 0 Å². The highest BCUT2D eigenvalue weighted by atomic mass is 15.3. The minimum atomic E-state index is 0.262. The van der Waals surface area contributed by atoms with E-state index in [0.717, 1.165) is 31.8 Å². The van der Waals surface area contributed by atoms with Gasteiger partial charge in [-0.2, -0.15) is 5.10 Å². The number of nitrogens with one attached hydrogen (secondary N) is 1. The van der Waals surface area contributed by atoms with E-state index in [-0.39, 0.29) is 6.04 Å². The monoisotopic (exact) mass is 259 g/mol. The van der Waals surface area contributed by atoms with E-state index in [4.69, 9.17) is 0 Å². The van der Waals surface area contributed by atoms with Crippen LogP contribution in [0.2, 0.25) is 0 Å². The lowest BCUT2D eigenvalue weighted by molar-refractivity contribution is 0.496. The quantitative estimate of drug-likeness (QED) is 0.826. The Bertz CT molecular complexity index is 480. The molecule has 0 amide bonds. The second-order valence-electron chi connectivity index (χ2n) is 4.48. The van der Waals surface area contributed by atoms with Crippen LogP contribution in [0.4, 0.5) is 0 Å². The maximum atomic E-state index is 4.36. The van der Waals surface area contributed by atoms with Crippen LogP contribution in [0.3, 0.4) is 0 Å². The molecule has 1 unspecified atom stereocenters. The summed E-state index contributed by atoms with van der Waals surface area (Å²) in [6, 6.07) is 4.37. The Morgan fingerprint density at radius 3 is 2.74 bits per heavy atom. The lowest BCUT2D eigenvalue weighted by atomic mass is 10.0. The zero-order valence-electron chi connectivity index (χ0n) is 11.6. The number of nitrogens with zero attached hydrogens (tertiary/aromatic N) is 4. The van der Waals surface area contributed by atoms with Crippen LogP contribution in [0.25, 0.3) is 0 Å². The fourth-order valence-corrected chi connectivity index (χ4v) is 2.12. The highest BCUT2D eigenvalue weighted by molar-refractivity contribution is 5.16. The van der Waals surface area contributed by atoms with Crippen molar-refractivity contribution >= 4 is 0 Å². The first-order valence-corrected chi connectivity index (χ1v) is 6.85. The fraction of sp³-hybridized carbons (Fsp3) is 0.500. The van der Waals surface area contributed by atoms with Crippen LogP contribution in [0.5, 0.6) is 0 Å². The molecule has 19 heavy (non-hydrogen) atoms. The van der Waals surface area contributed by atoms with Gasteiger partial charge in [0, 0.05) is 31.4 Å². The predicted molar refractivity (Wildman–Crippen MR) is 74.7 cm³/mol. The number of aromatic nitrogens is 4. The summed E-state index contributed by atoms with van der Waals surface area (Å²) in [5, 5.41) is 7.79. The van der Waals surface area contributed by atoms with Crippen LogP contribution in [0.15, 0.2) is 30.9 Å². The van der Waals surface area contributed by atoms with Crippen LogP contribution in [-0.2, 0) is 13.0 Å². The van der Waals surface area contributed by atoms with Gasteiger partial charge in [-0.05, 0) is 37.6 Å². The van der Waals surface area contributed by atoms with Gasteiger partial charge in [-0.1, -0.05) is 6.92 Å². The lowest BCUT2D eigenvalue weighted by Crippen LogP contribution is -2.25. The summed E-state index contributed by atoms with van der Waals surface area (Å²) in [6.07, 6.45) is 7.25. The summed E-state index contributed by atoms with van der Waals surface area (Å²) in [7, 11) is 0. The summed E-state index contributed by atoms with van der Waals surface area (Å²) in [4.78, 5) is 8.43. The van der Waals surface area contributed by atoms with E-state index in [1.54, 1.807) is 6.33 Å². The fourth-order valence-electron chi connectivity index (χ4n) is 2.12. The molecular weight excluding hydrogens is 238 g/mol. The molecule has 0 spiro atoms. The standard InChI is InChI=1S/C14H21N5/c1-3-7-16-13(12-5-8-15-9-6-12)10-14-17-11-18-19(14)4-2/h5-6,8-9,11,13,16H,3-4,7,10H2,1-2H3. The van der Waals surface area contributed by atoms with Crippen LogP contribution >= 0.6 is 0 Å². The molecule has 0 aliphatic rings. The minimum Gasteiger partial charge on any atom is -0.310 e. The Balaban J connectivity index is 2.14. The summed E-state index contributed by atoms with van der Waals surface area (Å²) in [6.45, 7) is 6.10. The predicted octanol–water partition coefficient (Wildman–Crippen LogP) is 1.98. The molecule has 0 radical (unpaired) electrons. The maximum absolute atomic E-state index is 4.36. The molecule has 0 bridgehead atoms. The number of hydrogen-bond acceptors (Lipinski definition) is 4. The number of rotatable bonds is 7. The van der Waals surface area contributed by atoms with Crippen LogP contribution in [0, 0.1) is 0 Å². The zero-order chi connectivity index (χ0) is 13.5. The molecule has 0 fully saturated rings. The van der Waals surface area contributed by atoms with E-state index in [2.05, 4.69) is 46.4 Å². The highest BCUT2D eigenvalue weighted by Crippen LogP contribution is 2.16. The largest absolute Gasteiger partial charge is 0.310 e. The first kappa shape index (κ1) is 13.7. The Kier molecular flexibility index (Phi) is 5.03. The van der Waals surface area contributed by atoms with Crippen LogP contribution < -0.4 is 5.32 Å². The highest BCUT2D eigenvalue weighted by Gasteiger charge is 2.14. The summed E-state index contributed by atoms with van der Waals surface area (Å²) < 4.78 is 1.95. The second-order valence-corrected chi connectivity index (χ2v) is 4.48. The normalized spacial score (nSPS) is 12.5. The van der Waals surface area contributed by atoms with Gasteiger partial charge in [-0.15, -0.1) is 0 Å². The molecule has 1 N–H and O–H groups in total. The average Bonchev–Trinajstić information content (AvgIpc) is 2.91. The van der Waals surface area contributed by atoms with Crippen molar-refractivity contribution in [2.45, 2.75) is 39.3 Å². The van der Waals surface area contributed by atoms with Crippen LogP contribution in [0.1, 0.15) is 37.7 Å². The van der Waals surface area contributed by atoms with E-state index in [9.17, 15) is 0 Å². The van der Waals surface area contributed by atoms with Gasteiger partial charge >= 0.3 is 0 Å². The Morgan fingerprint density at radius 1 is 1.26 bits per heavy atom. The number of pyridine rings is 1. The molecule has 0 aliphatic heterocycles. The molecule has 102 valence electrons. The minimum absolute atomic E-state index is 0.262. The Labute approximate surface area is 114 Å². The molecular formula is C14H21N5. The van der Waals surface area contributed by atoms with Crippen molar-refractivity contribution in [3.8, 4) is 0 Å². The number of hydrogen-bond donors (Lipinski definition) is 1. The summed E-state index contributed by atoms with van der Waals surface area (Å²) in [5.41, 5.74) is 1.24. The van der Waals surface area contributed by atoms with Gasteiger partial charge in [0.1, 0.15) is 12.2 Å². The van der Waals surface area contributed by atoms with Crippen molar-refractivity contribution in [1.82, 2.24) is 25.1 Å². The topological polar surface area (TPSA) is 55.6 Å². The van der Waals surface area contributed by atoms with Crippen molar-refractivity contribution < 1.29 is 0 Å². The molecule has 2 heterocycles. The lowest BCUT2D eigenvalue weighted by Gasteiger charge is -2.18. The molecule has 2 rings (SSSR count). The second kappa shape index (κ2) is 6.99. The van der Waals surface area contributed by atoms with Gasteiger partial charge < -0.3 is 5.32 Å². The SMILES string of the molecule is CCCNC(Cc1ncnn1CC)c1ccncc1. The van der Waals surface area contributed by atoms with Crippen molar-refractivity contribution in [3.63, 3.8) is 0 Å². The molecule has 5 heteroatoms. The molecule has 0 saturated heterocycles. The number of aryl methyl sites for hydroxylation is 1. The van der Waals surface area contributed by atoms with Crippen molar-refractivity contribution in [2.75, 3.05) is 6.54 Å². The third-order valence-corrected chi connectivity index (χ3v) is 3.13. The molecule has 0 aromatic carbocycles. The zero-order valence-corrected chi connectivity index (χ0v) is 11.6. The summed E-state index contributed by atoms with van der Waals surface area (Å²) >= 11 is 0. The third-order valence-electron chi connectivity index (χ3n) is 3.13. The molecule has 1 atom stereocenters. The van der Waals surface area contributed by atoms with E-state index in [1.807, 2.05) is 17.1 Å².